The minimum atomic E-state index is 0.139. The molecule has 0 unspecified atom stereocenters. The van der Waals surface area contributed by atoms with E-state index in [0.29, 0.717) is 11.4 Å². The zero-order chi connectivity index (χ0) is 12.8. The molecule has 0 bridgehead atoms. The predicted molar refractivity (Wildman–Crippen MR) is 75.1 cm³/mol. The molecular formula is C15H11N3O. The molecule has 2 aromatic heterocycles. The highest BCUT2D eigenvalue weighted by Crippen LogP contribution is 2.35. The Labute approximate surface area is 108 Å². The van der Waals surface area contributed by atoms with Crippen LogP contribution in [0, 0.1) is 0 Å². The maximum Gasteiger partial charge on any atom is 0.200 e. The van der Waals surface area contributed by atoms with Crippen LogP contribution >= 0.6 is 0 Å². The lowest BCUT2D eigenvalue weighted by atomic mass is 10.1. The molecule has 4 nitrogen and oxygen atoms in total. The van der Waals surface area contributed by atoms with Crippen molar-refractivity contribution in [3.63, 3.8) is 0 Å². The van der Waals surface area contributed by atoms with Crippen molar-refractivity contribution in [2.75, 3.05) is 0 Å². The number of H-pyrrole nitrogens is 2. The van der Waals surface area contributed by atoms with Crippen LogP contribution in [0.5, 0.6) is 5.88 Å². The lowest BCUT2D eigenvalue weighted by molar-refractivity contribution is 0.460. The van der Waals surface area contributed by atoms with Gasteiger partial charge >= 0.3 is 0 Å². The summed E-state index contributed by atoms with van der Waals surface area (Å²) >= 11 is 0. The van der Waals surface area contributed by atoms with Crippen LogP contribution in [-0.2, 0) is 0 Å². The molecule has 4 heteroatoms. The number of hydrogen-bond donors (Lipinski definition) is 3. The van der Waals surface area contributed by atoms with Crippen LogP contribution in [0.1, 0.15) is 0 Å². The standard InChI is InChI=1S/C15H11N3O/c19-15-13(9-5-1-2-6-10(9)18-15)14-16-11-7-3-4-8-12(11)17-14/h1-8,18-19H,(H,16,17). The summed E-state index contributed by atoms with van der Waals surface area (Å²) in [6.45, 7) is 0. The molecule has 0 aliphatic heterocycles. The van der Waals surface area contributed by atoms with Crippen LogP contribution in [0.4, 0.5) is 0 Å². The monoisotopic (exact) mass is 249 g/mol. The molecular weight excluding hydrogens is 238 g/mol. The van der Waals surface area contributed by atoms with Gasteiger partial charge in [0.05, 0.1) is 16.6 Å². The highest BCUT2D eigenvalue weighted by atomic mass is 16.3. The number of hydrogen-bond acceptors (Lipinski definition) is 2. The number of rotatable bonds is 1. The van der Waals surface area contributed by atoms with E-state index in [1.54, 1.807) is 0 Å². The molecule has 2 aromatic carbocycles. The van der Waals surface area contributed by atoms with Crippen molar-refractivity contribution in [2.45, 2.75) is 0 Å². The summed E-state index contributed by atoms with van der Waals surface area (Å²) in [7, 11) is 0. The first-order valence-corrected chi connectivity index (χ1v) is 6.08. The molecule has 19 heavy (non-hydrogen) atoms. The van der Waals surface area contributed by atoms with Gasteiger partial charge in [-0.15, -0.1) is 0 Å². The van der Waals surface area contributed by atoms with E-state index in [0.717, 1.165) is 21.9 Å². The molecule has 92 valence electrons. The van der Waals surface area contributed by atoms with Crippen LogP contribution in [0.25, 0.3) is 33.3 Å². The van der Waals surface area contributed by atoms with E-state index in [-0.39, 0.29) is 5.88 Å². The molecule has 4 aromatic rings. The normalized spacial score (nSPS) is 11.4. The average molecular weight is 249 g/mol. The zero-order valence-electron chi connectivity index (χ0n) is 10.0. The third-order valence-electron chi connectivity index (χ3n) is 3.31. The number of imidazole rings is 1. The van der Waals surface area contributed by atoms with Gasteiger partial charge < -0.3 is 15.1 Å². The number of nitrogens with zero attached hydrogens (tertiary/aromatic N) is 1. The van der Waals surface area contributed by atoms with Gasteiger partial charge in [-0.3, -0.25) is 0 Å². The van der Waals surface area contributed by atoms with Crippen LogP contribution in [0.2, 0.25) is 0 Å². The highest BCUT2D eigenvalue weighted by Gasteiger charge is 2.15. The first-order chi connectivity index (χ1) is 9.33. The van der Waals surface area contributed by atoms with Crippen molar-refractivity contribution in [1.82, 2.24) is 15.0 Å². The van der Waals surface area contributed by atoms with Gasteiger partial charge in [-0.2, -0.15) is 0 Å². The minimum Gasteiger partial charge on any atom is -0.494 e. The molecule has 0 saturated carbocycles. The third-order valence-corrected chi connectivity index (χ3v) is 3.31. The van der Waals surface area contributed by atoms with E-state index in [2.05, 4.69) is 15.0 Å². The molecule has 0 radical (unpaired) electrons. The van der Waals surface area contributed by atoms with E-state index in [1.807, 2.05) is 48.5 Å². The van der Waals surface area contributed by atoms with E-state index in [9.17, 15) is 5.11 Å². The number of fused-ring (bicyclic) bond motifs is 2. The smallest absolute Gasteiger partial charge is 0.200 e. The summed E-state index contributed by atoms with van der Waals surface area (Å²) in [5.74, 6) is 0.816. The first kappa shape index (κ1) is 10.2. The molecule has 0 atom stereocenters. The minimum absolute atomic E-state index is 0.139. The van der Waals surface area contributed by atoms with Gasteiger partial charge in [0.1, 0.15) is 5.82 Å². The fourth-order valence-electron chi connectivity index (χ4n) is 2.44. The van der Waals surface area contributed by atoms with Crippen molar-refractivity contribution in [3.8, 4) is 17.3 Å². The summed E-state index contributed by atoms with van der Waals surface area (Å²) in [4.78, 5) is 10.7. The lowest BCUT2D eigenvalue weighted by Gasteiger charge is -1.94. The van der Waals surface area contributed by atoms with Gasteiger partial charge in [-0.1, -0.05) is 30.3 Å². The Balaban J connectivity index is 2.06. The summed E-state index contributed by atoms with van der Waals surface area (Å²) in [6.07, 6.45) is 0. The fraction of sp³-hybridized carbons (Fsp3) is 0. The summed E-state index contributed by atoms with van der Waals surface area (Å²) < 4.78 is 0. The van der Waals surface area contributed by atoms with Gasteiger partial charge in [0.15, 0.2) is 0 Å². The van der Waals surface area contributed by atoms with Crippen LogP contribution in [-0.4, -0.2) is 20.1 Å². The highest BCUT2D eigenvalue weighted by molar-refractivity contribution is 5.98. The van der Waals surface area contributed by atoms with Crippen molar-refractivity contribution >= 4 is 21.9 Å². The Morgan fingerprint density at radius 2 is 1.58 bits per heavy atom. The van der Waals surface area contributed by atoms with Crippen molar-refractivity contribution in [1.29, 1.82) is 0 Å². The Bertz CT molecular complexity index is 856. The molecule has 0 aliphatic carbocycles. The first-order valence-electron chi connectivity index (χ1n) is 6.08. The maximum atomic E-state index is 10.1. The third kappa shape index (κ3) is 1.43. The van der Waals surface area contributed by atoms with Crippen molar-refractivity contribution in [2.24, 2.45) is 0 Å². The largest absolute Gasteiger partial charge is 0.494 e. The maximum absolute atomic E-state index is 10.1. The van der Waals surface area contributed by atoms with E-state index < -0.39 is 0 Å². The van der Waals surface area contributed by atoms with Crippen LogP contribution in [0.3, 0.4) is 0 Å². The summed E-state index contributed by atoms with van der Waals surface area (Å²) in [6, 6.07) is 15.6. The van der Waals surface area contributed by atoms with Gasteiger partial charge in [-0.25, -0.2) is 4.98 Å². The molecule has 4 rings (SSSR count). The molecule has 0 spiro atoms. The van der Waals surface area contributed by atoms with Crippen LogP contribution < -0.4 is 0 Å². The number of aromatic amines is 2. The van der Waals surface area contributed by atoms with Gasteiger partial charge in [0, 0.05) is 10.9 Å². The number of aromatic hydroxyl groups is 1. The molecule has 0 amide bonds. The molecule has 0 fully saturated rings. The molecule has 0 aliphatic rings. The number of nitrogens with one attached hydrogen (secondary N) is 2. The second-order valence-corrected chi connectivity index (χ2v) is 4.50. The van der Waals surface area contributed by atoms with E-state index in [1.165, 1.54) is 0 Å². The molecule has 3 N–H and O–H groups in total. The van der Waals surface area contributed by atoms with E-state index in [4.69, 9.17) is 0 Å². The Kier molecular flexibility index (Phi) is 1.94. The average Bonchev–Trinajstić information content (AvgIpc) is 2.97. The summed E-state index contributed by atoms with van der Waals surface area (Å²) in [5, 5.41) is 11.1. The van der Waals surface area contributed by atoms with Gasteiger partial charge in [-0.05, 0) is 18.2 Å². The van der Waals surface area contributed by atoms with Crippen molar-refractivity contribution < 1.29 is 5.11 Å². The second-order valence-electron chi connectivity index (χ2n) is 4.50. The Morgan fingerprint density at radius 3 is 2.42 bits per heavy atom. The van der Waals surface area contributed by atoms with Crippen molar-refractivity contribution in [3.05, 3.63) is 48.5 Å². The quantitative estimate of drug-likeness (QED) is 0.484. The van der Waals surface area contributed by atoms with Crippen LogP contribution in [0.15, 0.2) is 48.5 Å². The molecule has 0 saturated heterocycles. The number of para-hydroxylation sites is 3. The zero-order valence-corrected chi connectivity index (χ0v) is 10.0. The fourth-order valence-corrected chi connectivity index (χ4v) is 2.44. The van der Waals surface area contributed by atoms with E-state index >= 15 is 0 Å². The number of aromatic nitrogens is 3. The SMILES string of the molecule is Oc1[nH]c2ccccc2c1-c1nc2ccccc2[nH]1. The second kappa shape index (κ2) is 3.62. The Morgan fingerprint density at radius 1 is 0.842 bits per heavy atom. The predicted octanol–water partition coefficient (Wildman–Crippen LogP) is 3.42. The Hall–Kier alpha value is -2.75. The molecule has 2 heterocycles. The topological polar surface area (TPSA) is 64.7 Å². The lowest BCUT2D eigenvalue weighted by Crippen LogP contribution is -1.78. The van der Waals surface area contributed by atoms with Gasteiger partial charge in [0.25, 0.3) is 0 Å². The number of benzene rings is 2. The summed E-state index contributed by atoms with van der Waals surface area (Å²) in [5.41, 5.74) is 3.46. The van der Waals surface area contributed by atoms with Gasteiger partial charge in [0.2, 0.25) is 5.88 Å².